The molecule has 1 unspecified atom stereocenters. The van der Waals surface area contributed by atoms with Crippen LogP contribution in [0.3, 0.4) is 0 Å². The van der Waals surface area contributed by atoms with Gasteiger partial charge in [0.15, 0.2) is 5.60 Å². The predicted molar refractivity (Wildman–Crippen MR) is 108 cm³/mol. The number of carbonyl (C=O) groups excluding carboxylic acids is 1. The third kappa shape index (κ3) is 2.64. The lowest BCUT2D eigenvalue weighted by Crippen LogP contribution is -2.33. The van der Waals surface area contributed by atoms with Crippen LogP contribution in [0.4, 0.5) is 0 Å². The van der Waals surface area contributed by atoms with Gasteiger partial charge in [-0.3, -0.25) is 0 Å². The van der Waals surface area contributed by atoms with Gasteiger partial charge in [0.1, 0.15) is 23.0 Å². The van der Waals surface area contributed by atoms with E-state index in [9.17, 15) is 4.79 Å². The SMILES string of the molecule is COc1ccc2c(c1)Oc1cc(OCCCO)ccc1C21OC(=O)c2ccccc21. The van der Waals surface area contributed by atoms with Crippen molar-refractivity contribution in [3.8, 4) is 23.0 Å². The lowest BCUT2D eigenvalue weighted by Gasteiger charge is -2.36. The molecule has 0 radical (unpaired) electrons. The van der Waals surface area contributed by atoms with Crippen LogP contribution in [0.15, 0.2) is 60.7 Å². The van der Waals surface area contributed by atoms with E-state index < -0.39 is 5.60 Å². The van der Waals surface area contributed by atoms with E-state index in [1.165, 1.54) is 0 Å². The Hall–Kier alpha value is -3.51. The fraction of sp³-hybridized carbons (Fsp3) is 0.208. The van der Waals surface area contributed by atoms with Crippen molar-refractivity contribution in [2.45, 2.75) is 12.0 Å². The number of aliphatic hydroxyl groups is 1. The lowest BCUT2D eigenvalue weighted by atomic mass is 9.77. The average molecular weight is 404 g/mol. The van der Waals surface area contributed by atoms with Crippen LogP contribution in [0.5, 0.6) is 23.0 Å². The minimum Gasteiger partial charge on any atom is -0.497 e. The highest BCUT2D eigenvalue weighted by Crippen LogP contribution is 2.56. The molecule has 0 bridgehead atoms. The summed E-state index contributed by atoms with van der Waals surface area (Å²) in [5.74, 6) is 1.98. The third-order valence-corrected chi connectivity index (χ3v) is 5.46. The van der Waals surface area contributed by atoms with Gasteiger partial charge in [0, 0.05) is 41.9 Å². The van der Waals surface area contributed by atoms with Crippen LogP contribution in [-0.4, -0.2) is 31.4 Å². The van der Waals surface area contributed by atoms with Gasteiger partial charge in [-0.1, -0.05) is 18.2 Å². The maximum atomic E-state index is 12.8. The van der Waals surface area contributed by atoms with Crippen LogP contribution in [0.25, 0.3) is 0 Å². The standard InChI is InChI=1S/C24H20O6/c1-27-15-7-9-19-21(13-15)29-22-14-16(28-12-4-11-25)8-10-20(22)24(19)18-6-3-2-5-17(18)23(26)30-24/h2-3,5-10,13-14,25H,4,11-12H2,1H3. The number of rotatable bonds is 5. The van der Waals surface area contributed by atoms with Crippen molar-refractivity contribution < 1.29 is 28.8 Å². The first-order valence-corrected chi connectivity index (χ1v) is 9.75. The average Bonchev–Trinajstić information content (AvgIpc) is 3.07. The van der Waals surface area contributed by atoms with Gasteiger partial charge in [0.25, 0.3) is 0 Å². The van der Waals surface area contributed by atoms with E-state index in [0.717, 1.165) is 16.7 Å². The number of esters is 1. The zero-order chi connectivity index (χ0) is 20.7. The summed E-state index contributed by atoms with van der Waals surface area (Å²) in [6, 6.07) is 18.4. The molecule has 3 aromatic rings. The van der Waals surface area contributed by atoms with Crippen LogP contribution in [0.1, 0.15) is 33.5 Å². The molecule has 0 amide bonds. The van der Waals surface area contributed by atoms with Gasteiger partial charge in [-0.15, -0.1) is 0 Å². The van der Waals surface area contributed by atoms with E-state index >= 15 is 0 Å². The Bertz CT molecular complexity index is 1140. The van der Waals surface area contributed by atoms with Crippen molar-refractivity contribution in [1.29, 1.82) is 0 Å². The highest BCUT2D eigenvalue weighted by molar-refractivity contribution is 5.97. The number of methoxy groups -OCH3 is 1. The summed E-state index contributed by atoms with van der Waals surface area (Å²) < 4.78 is 23.4. The minimum atomic E-state index is -1.10. The molecule has 0 aliphatic carbocycles. The van der Waals surface area contributed by atoms with E-state index in [2.05, 4.69) is 0 Å². The molecule has 1 spiro atoms. The first kappa shape index (κ1) is 18.5. The van der Waals surface area contributed by atoms with Gasteiger partial charge in [0.05, 0.1) is 19.3 Å². The number of hydrogen-bond donors (Lipinski definition) is 1. The number of ether oxygens (including phenoxy) is 4. The summed E-state index contributed by atoms with van der Waals surface area (Å²) in [7, 11) is 1.59. The fourth-order valence-electron chi connectivity index (χ4n) is 4.11. The van der Waals surface area contributed by atoms with Crippen molar-refractivity contribution in [3.05, 3.63) is 82.9 Å². The van der Waals surface area contributed by atoms with Crippen molar-refractivity contribution in [3.63, 3.8) is 0 Å². The normalized spacial score (nSPS) is 18.1. The highest BCUT2D eigenvalue weighted by Gasteiger charge is 2.53. The summed E-state index contributed by atoms with van der Waals surface area (Å²) in [6.07, 6.45) is 0.535. The Kier molecular flexibility index (Phi) is 4.37. The zero-order valence-corrected chi connectivity index (χ0v) is 16.4. The van der Waals surface area contributed by atoms with Crippen LogP contribution in [-0.2, 0) is 10.3 Å². The summed E-state index contributed by atoms with van der Waals surface area (Å²) in [4.78, 5) is 12.8. The number of carbonyl (C=O) groups is 1. The van der Waals surface area contributed by atoms with Crippen LogP contribution in [0, 0.1) is 0 Å². The zero-order valence-electron chi connectivity index (χ0n) is 16.4. The quantitative estimate of drug-likeness (QED) is 0.511. The molecule has 0 fully saturated rings. The molecule has 2 aliphatic rings. The van der Waals surface area contributed by atoms with E-state index in [1.54, 1.807) is 25.3 Å². The molecule has 152 valence electrons. The van der Waals surface area contributed by atoms with E-state index in [4.69, 9.17) is 24.1 Å². The smallest absolute Gasteiger partial charge is 0.340 e. The minimum absolute atomic E-state index is 0.0600. The monoisotopic (exact) mass is 404 g/mol. The Morgan fingerprint density at radius 3 is 2.37 bits per heavy atom. The van der Waals surface area contributed by atoms with Gasteiger partial charge in [-0.2, -0.15) is 0 Å². The molecule has 1 atom stereocenters. The van der Waals surface area contributed by atoms with Gasteiger partial charge in [0.2, 0.25) is 0 Å². The first-order chi connectivity index (χ1) is 14.7. The number of fused-ring (bicyclic) bond motifs is 6. The van der Waals surface area contributed by atoms with E-state index in [1.807, 2.05) is 42.5 Å². The van der Waals surface area contributed by atoms with Crippen molar-refractivity contribution in [2.24, 2.45) is 0 Å². The molecule has 30 heavy (non-hydrogen) atoms. The maximum absolute atomic E-state index is 12.8. The van der Waals surface area contributed by atoms with Crippen molar-refractivity contribution in [2.75, 3.05) is 20.3 Å². The number of aliphatic hydroxyl groups excluding tert-OH is 1. The molecule has 3 aromatic carbocycles. The lowest BCUT2D eigenvalue weighted by molar-refractivity contribution is 0.0224. The molecule has 0 saturated heterocycles. The molecule has 2 heterocycles. The molecule has 6 heteroatoms. The Balaban J connectivity index is 1.71. The molecule has 0 saturated carbocycles. The van der Waals surface area contributed by atoms with Crippen LogP contribution in [0.2, 0.25) is 0 Å². The van der Waals surface area contributed by atoms with Crippen LogP contribution < -0.4 is 14.2 Å². The molecule has 6 nitrogen and oxygen atoms in total. The molecule has 1 N–H and O–H groups in total. The number of hydrogen-bond acceptors (Lipinski definition) is 6. The summed E-state index contributed by atoms with van der Waals surface area (Å²) in [6.45, 7) is 0.452. The largest absolute Gasteiger partial charge is 0.497 e. The molecular weight excluding hydrogens is 384 g/mol. The predicted octanol–water partition coefficient (Wildman–Crippen LogP) is 4.02. The van der Waals surface area contributed by atoms with Gasteiger partial charge in [-0.05, 0) is 30.3 Å². The maximum Gasteiger partial charge on any atom is 0.340 e. The van der Waals surface area contributed by atoms with Crippen LogP contribution >= 0.6 is 0 Å². The Morgan fingerprint density at radius 2 is 1.63 bits per heavy atom. The summed E-state index contributed by atoms with van der Waals surface area (Å²) in [5.41, 5.74) is 1.68. The Morgan fingerprint density at radius 1 is 0.933 bits per heavy atom. The van der Waals surface area contributed by atoms with Crippen molar-refractivity contribution >= 4 is 5.97 Å². The second-order valence-corrected chi connectivity index (χ2v) is 7.16. The molecule has 0 aromatic heterocycles. The van der Waals surface area contributed by atoms with E-state index in [-0.39, 0.29) is 12.6 Å². The molecule has 5 rings (SSSR count). The fourth-order valence-corrected chi connectivity index (χ4v) is 4.11. The Labute approximate surface area is 173 Å². The van der Waals surface area contributed by atoms with E-state index in [0.29, 0.717) is 41.6 Å². The molecular formula is C24H20O6. The van der Waals surface area contributed by atoms with Crippen molar-refractivity contribution in [1.82, 2.24) is 0 Å². The topological polar surface area (TPSA) is 74.2 Å². The summed E-state index contributed by atoms with van der Waals surface area (Å²) >= 11 is 0. The summed E-state index contributed by atoms with van der Waals surface area (Å²) in [5, 5.41) is 8.99. The van der Waals surface area contributed by atoms with Gasteiger partial charge >= 0.3 is 5.97 Å². The third-order valence-electron chi connectivity index (χ3n) is 5.46. The van der Waals surface area contributed by atoms with Gasteiger partial charge in [-0.25, -0.2) is 4.79 Å². The second kappa shape index (κ2) is 7.07. The second-order valence-electron chi connectivity index (χ2n) is 7.16. The highest BCUT2D eigenvalue weighted by atomic mass is 16.6. The first-order valence-electron chi connectivity index (χ1n) is 9.75. The van der Waals surface area contributed by atoms with Gasteiger partial charge < -0.3 is 24.1 Å². The number of benzene rings is 3. The molecule has 2 aliphatic heterocycles.